The maximum Gasteiger partial charge on any atom is 0.416 e. The van der Waals surface area contributed by atoms with E-state index in [-0.39, 0.29) is 25.5 Å². The first-order valence-corrected chi connectivity index (χ1v) is 11.0. The molecular formula is C22H28F2N6O3. The van der Waals surface area contributed by atoms with Gasteiger partial charge in [0.25, 0.3) is 5.92 Å². The molecule has 33 heavy (non-hydrogen) atoms. The minimum absolute atomic E-state index is 0.0930. The summed E-state index contributed by atoms with van der Waals surface area (Å²) in [5, 5.41) is 13.1. The second-order valence-corrected chi connectivity index (χ2v) is 8.58. The molecule has 0 spiro atoms. The molecule has 4 rings (SSSR count). The van der Waals surface area contributed by atoms with E-state index in [2.05, 4.69) is 20.3 Å². The molecule has 0 radical (unpaired) electrons. The lowest BCUT2D eigenvalue weighted by Crippen LogP contribution is -2.41. The predicted molar refractivity (Wildman–Crippen MR) is 117 cm³/mol. The molecular weight excluding hydrogens is 434 g/mol. The van der Waals surface area contributed by atoms with E-state index in [1.807, 2.05) is 24.0 Å². The van der Waals surface area contributed by atoms with Crippen molar-refractivity contribution in [1.29, 1.82) is 0 Å². The van der Waals surface area contributed by atoms with Crippen molar-refractivity contribution >= 4 is 17.9 Å². The Kier molecular flexibility index (Phi) is 6.71. The first-order valence-electron chi connectivity index (χ1n) is 11.0. The number of ether oxygens (including phenoxy) is 1. The van der Waals surface area contributed by atoms with Gasteiger partial charge in [0, 0.05) is 44.9 Å². The fraction of sp³-hybridized carbons (Fsp3) is 0.545. The topological polar surface area (TPSA) is 104 Å². The summed E-state index contributed by atoms with van der Waals surface area (Å²) in [6.45, 7) is 4.94. The van der Waals surface area contributed by atoms with Crippen molar-refractivity contribution in [2.24, 2.45) is 0 Å². The lowest BCUT2D eigenvalue weighted by molar-refractivity contribution is -0.0566. The van der Waals surface area contributed by atoms with Gasteiger partial charge in [-0.25, -0.2) is 18.6 Å². The zero-order valence-corrected chi connectivity index (χ0v) is 18.6. The molecule has 11 heteroatoms. The number of anilines is 2. The molecule has 1 amide bonds. The number of pyridine rings is 1. The van der Waals surface area contributed by atoms with Crippen LogP contribution in [0.2, 0.25) is 0 Å². The van der Waals surface area contributed by atoms with E-state index in [1.54, 1.807) is 19.2 Å². The van der Waals surface area contributed by atoms with Gasteiger partial charge < -0.3 is 15.2 Å². The molecule has 0 bridgehead atoms. The Hall–Kier alpha value is -2.92. The van der Waals surface area contributed by atoms with Gasteiger partial charge in [-0.15, -0.1) is 0 Å². The minimum atomic E-state index is -2.55. The van der Waals surface area contributed by atoms with Gasteiger partial charge in [-0.3, -0.25) is 14.8 Å². The zero-order chi connectivity index (χ0) is 23.6. The second kappa shape index (κ2) is 9.52. The SMILES string of the molecule is C[C@H](Nc1nccc(N2C(=O)OC[C@@H]2[C@@H](C)O)n1)c1ccc(CN2CCC(F)(F)CC2)cn1. The second-order valence-electron chi connectivity index (χ2n) is 8.58. The van der Waals surface area contributed by atoms with Gasteiger partial charge >= 0.3 is 6.09 Å². The number of alkyl halides is 2. The Balaban J connectivity index is 1.38. The summed E-state index contributed by atoms with van der Waals surface area (Å²) >= 11 is 0. The molecule has 2 aliphatic heterocycles. The lowest BCUT2D eigenvalue weighted by Gasteiger charge is -2.31. The standard InChI is InChI=1S/C22H28F2N6O3/c1-14(17-4-3-16(11-26-17)12-29-9-6-22(23,24)7-10-29)27-20-25-8-5-19(28-20)30-18(15(2)31)13-33-21(30)32/h3-5,8,11,14-15,18,31H,6-7,9-10,12-13H2,1-2H3,(H,25,27,28)/t14-,15+,18+/m0/s1. The van der Waals surface area contributed by atoms with Crippen LogP contribution < -0.4 is 10.2 Å². The Labute approximate surface area is 190 Å². The number of aliphatic hydroxyl groups excluding tert-OH is 1. The molecule has 0 aliphatic carbocycles. The summed E-state index contributed by atoms with van der Waals surface area (Å²) in [5.74, 6) is -1.90. The van der Waals surface area contributed by atoms with Gasteiger partial charge in [-0.2, -0.15) is 4.98 Å². The number of nitrogens with one attached hydrogen (secondary N) is 1. The van der Waals surface area contributed by atoms with E-state index in [0.717, 1.165) is 11.3 Å². The van der Waals surface area contributed by atoms with Gasteiger partial charge in [0.2, 0.25) is 5.95 Å². The molecule has 178 valence electrons. The summed E-state index contributed by atoms with van der Waals surface area (Å²) in [7, 11) is 0. The number of carbonyl (C=O) groups excluding carboxylic acids is 1. The van der Waals surface area contributed by atoms with Gasteiger partial charge in [0.15, 0.2) is 0 Å². The number of piperidine rings is 1. The molecule has 3 atom stereocenters. The molecule has 2 aliphatic rings. The van der Waals surface area contributed by atoms with E-state index in [9.17, 15) is 18.7 Å². The summed E-state index contributed by atoms with van der Waals surface area (Å²) in [6.07, 6.45) is 1.74. The van der Waals surface area contributed by atoms with Crippen molar-refractivity contribution in [2.75, 3.05) is 29.9 Å². The Morgan fingerprint density at radius 2 is 2.00 bits per heavy atom. The predicted octanol–water partition coefficient (Wildman–Crippen LogP) is 2.98. The van der Waals surface area contributed by atoms with Crippen LogP contribution in [0.3, 0.4) is 0 Å². The van der Waals surface area contributed by atoms with E-state index < -0.39 is 24.2 Å². The van der Waals surface area contributed by atoms with Crippen LogP contribution in [0.5, 0.6) is 0 Å². The fourth-order valence-electron chi connectivity index (χ4n) is 3.96. The Morgan fingerprint density at radius 3 is 2.67 bits per heavy atom. The summed E-state index contributed by atoms with van der Waals surface area (Å²) in [6, 6.07) is 4.68. The maximum absolute atomic E-state index is 13.3. The summed E-state index contributed by atoms with van der Waals surface area (Å²) in [4.78, 5) is 28.6. The highest BCUT2D eigenvalue weighted by atomic mass is 19.3. The van der Waals surface area contributed by atoms with Crippen LogP contribution in [0, 0.1) is 0 Å². The van der Waals surface area contributed by atoms with Gasteiger partial charge in [-0.1, -0.05) is 6.07 Å². The normalized spacial score (nSPS) is 22.6. The smallest absolute Gasteiger partial charge is 0.416 e. The van der Waals surface area contributed by atoms with Crippen LogP contribution in [-0.4, -0.2) is 68.8 Å². The molecule has 2 aromatic heterocycles. The number of carbonyl (C=O) groups is 1. The van der Waals surface area contributed by atoms with Gasteiger partial charge in [0.05, 0.1) is 17.8 Å². The molecule has 0 aromatic carbocycles. The third-order valence-corrected chi connectivity index (χ3v) is 5.98. The average Bonchev–Trinajstić information content (AvgIpc) is 3.17. The zero-order valence-electron chi connectivity index (χ0n) is 18.6. The third-order valence-electron chi connectivity index (χ3n) is 5.98. The van der Waals surface area contributed by atoms with Crippen LogP contribution in [0.1, 0.15) is 44.0 Å². The number of halogens is 2. The van der Waals surface area contributed by atoms with Crippen LogP contribution in [0.25, 0.3) is 0 Å². The number of nitrogens with zero attached hydrogens (tertiary/aromatic N) is 5. The molecule has 9 nitrogen and oxygen atoms in total. The monoisotopic (exact) mass is 462 g/mol. The number of rotatable bonds is 7. The number of cyclic esters (lactones) is 1. The summed E-state index contributed by atoms with van der Waals surface area (Å²) < 4.78 is 31.7. The average molecular weight is 463 g/mol. The van der Waals surface area contributed by atoms with E-state index >= 15 is 0 Å². The van der Waals surface area contributed by atoms with Crippen LogP contribution in [0.15, 0.2) is 30.6 Å². The molecule has 0 saturated carbocycles. The minimum Gasteiger partial charge on any atom is -0.447 e. The van der Waals surface area contributed by atoms with Crippen LogP contribution in [0.4, 0.5) is 25.3 Å². The number of likely N-dealkylation sites (tertiary alicyclic amines) is 1. The van der Waals surface area contributed by atoms with E-state index in [0.29, 0.717) is 31.4 Å². The van der Waals surface area contributed by atoms with Crippen LogP contribution in [-0.2, 0) is 11.3 Å². The van der Waals surface area contributed by atoms with Gasteiger partial charge in [0.1, 0.15) is 18.5 Å². The number of amides is 1. The lowest BCUT2D eigenvalue weighted by atomic mass is 10.1. The van der Waals surface area contributed by atoms with Crippen molar-refractivity contribution < 1.29 is 23.4 Å². The van der Waals surface area contributed by atoms with E-state index in [4.69, 9.17) is 4.74 Å². The first kappa shape index (κ1) is 23.2. The van der Waals surface area contributed by atoms with Gasteiger partial charge in [-0.05, 0) is 31.5 Å². The van der Waals surface area contributed by atoms with Crippen molar-refractivity contribution in [1.82, 2.24) is 19.9 Å². The molecule has 4 heterocycles. The van der Waals surface area contributed by atoms with E-state index in [1.165, 1.54) is 11.1 Å². The Bertz CT molecular complexity index is 965. The molecule has 2 fully saturated rings. The molecule has 2 saturated heterocycles. The quantitative estimate of drug-likeness (QED) is 0.647. The summed E-state index contributed by atoms with van der Waals surface area (Å²) in [5.41, 5.74) is 1.73. The van der Waals surface area contributed by atoms with Crippen molar-refractivity contribution in [3.8, 4) is 0 Å². The number of aromatic nitrogens is 3. The maximum atomic E-state index is 13.3. The highest BCUT2D eigenvalue weighted by Crippen LogP contribution is 2.28. The van der Waals surface area contributed by atoms with Crippen LogP contribution >= 0.6 is 0 Å². The number of aliphatic hydroxyl groups is 1. The largest absolute Gasteiger partial charge is 0.447 e. The molecule has 0 unspecified atom stereocenters. The van der Waals surface area contributed by atoms with Crippen molar-refractivity contribution in [3.05, 3.63) is 41.9 Å². The van der Waals surface area contributed by atoms with Crippen molar-refractivity contribution in [3.63, 3.8) is 0 Å². The highest BCUT2D eigenvalue weighted by molar-refractivity contribution is 5.89. The Morgan fingerprint density at radius 1 is 1.24 bits per heavy atom. The number of hydrogen-bond donors (Lipinski definition) is 2. The third kappa shape index (κ3) is 5.53. The number of hydrogen-bond acceptors (Lipinski definition) is 8. The first-order chi connectivity index (χ1) is 15.7. The fourth-order valence-corrected chi connectivity index (χ4v) is 3.96. The van der Waals surface area contributed by atoms with Crippen molar-refractivity contribution in [2.45, 2.75) is 57.3 Å². The molecule has 2 N–H and O–H groups in total. The highest BCUT2D eigenvalue weighted by Gasteiger charge is 2.38. The molecule has 2 aromatic rings.